The van der Waals surface area contributed by atoms with Gasteiger partial charge in [0.15, 0.2) is 17.6 Å². The number of benzene rings is 1. The maximum absolute atomic E-state index is 12.1. The highest BCUT2D eigenvalue weighted by Gasteiger charge is 2.19. The molecule has 0 radical (unpaired) electrons. The molecule has 1 N–H and O–H groups in total. The number of fused-ring (bicyclic) bond motifs is 1. The van der Waals surface area contributed by atoms with E-state index < -0.39 is 18.0 Å². The Labute approximate surface area is 143 Å². The standard InChI is InChI=1S/C17H17NO5S/c1-11(23-16(19)5-2-12-6-7-24-9-12)17(20)18-13-3-4-14-15(8-13)22-10-21-14/h3-4,6-9,11H,2,5,10H2,1H3,(H,18,20)/t11-/m1/s1. The van der Waals surface area contributed by atoms with E-state index in [0.717, 1.165) is 5.56 Å². The fourth-order valence-electron chi connectivity index (χ4n) is 2.21. The second-order valence-corrected chi connectivity index (χ2v) is 6.10. The summed E-state index contributed by atoms with van der Waals surface area (Å²) in [6.07, 6.45) is -0.0117. The van der Waals surface area contributed by atoms with E-state index in [9.17, 15) is 9.59 Å². The number of hydrogen-bond donors (Lipinski definition) is 1. The lowest BCUT2D eigenvalue weighted by molar-refractivity contribution is -0.153. The first-order valence-corrected chi connectivity index (χ1v) is 8.47. The van der Waals surface area contributed by atoms with Gasteiger partial charge in [-0.2, -0.15) is 11.3 Å². The molecule has 1 aromatic heterocycles. The van der Waals surface area contributed by atoms with E-state index in [0.29, 0.717) is 23.6 Å². The van der Waals surface area contributed by atoms with Crippen LogP contribution in [0.4, 0.5) is 5.69 Å². The van der Waals surface area contributed by atoms with Crippen LogP contribution in [0.2, 0.25) is 0 Å². The number of carbonyl (C=O) groups excluding carboxylic acids is 2. The fraction of sp³-hybridized carbons (Fsp3) is 0.294. The largest absolute Gasteiger partial charge is 0.454 e. The Balaban J connectivity index is 1.48. The zero-order valence-electron chi connectivity index (χ0n) is 13.1. The number of esters is 1. The lowest BCUT2D eigenvalue weighted by Gasteiger charge is -2.13. The molecule has 1 aromatic carbocycles. The molecule has 6 nitrogen and oxygen atoms in total. The SMILES string of the molecule is C[C@@H](OC(=O)CCc1ccsc1)C(=O)Nc1ccc2c(c1)OCO2. The molecule has 24 heavy (non-hydrogen) atoms. The van der Waals surface area contributed by atoms with Gasteiger partial charge in [-0.05, 0) is 47.9 Å². The number of rotatable bonds is 6. The number of anilines is 1. The van der Waals surface area contributed by atoms with Gasteiger partial charge in [0.05, 0.1) is 0 Å². The molecule has 2 aromatic rings. The molecule has 7 heteroatoms. The molecule has 0 bridgehead atoms. The van der Waals surface area contributed by atoms with E-state index in [-0.39, 0.29) is 13.2 Å². The van der Waals surface area contributed by atoms with E-state index in [1.54, 1.807) is 36.5 Å². The molecule has 0 spiro atoms. The molecule has 126 valence electrons. The Morgan fingerprint density at radius 1 is 1.29 bits per heavy atom. The lowest BCUT2D eigenvalue weighted by atomic mass is 10.2. The molecule has 0 unspecified atom stereocenters. The van der Waals surface area contributed by atoms with Gasteiger partial charge in [0.25, 0.3) is 5.91 Å². The Kier molecular flexibility index (Phi) is 5.00. The Bertz CT molecular complexity index is 729. The highest BCUT2D eigenvalue weighted by atomic mass is 32.1. The molecule has 0 aliphatic carbocycles. The lowest BCUT2D eigenvalue weighted by Crippen LogP contribution is -2.30. The first-order valence-electron chi connectivity index (χ1n) is 7.53. The van der Waals surface area contributed by atoms with Gasteiger partial charge in [0, 0.05) is 18.2 Å². The van der Waals surface area contributed by atoms with Gasteiger partial charge in [-0.3, -0.25) is 9.59 Å². The predicted molar refractivity (Wildman–Crippen MR) is 89.4 cm³/mol. The van der Waals surface area contributed by atoms with Crippen LogP contribution in [-0.2, 0) is 20.7 Å². The molecule has 1 aliphatic rings. The molecule has 2 heterocycles. The smallest absolute Gasteiger partial charge is 0.306 e. The van der Waals surface area contributed by atoms with Crippen LogP contribution in [-0.4, -0.2) is 24.8 Å². The highest BCUT2D eigenvalue weighted by molar-refractivity contribution is 7.07. The molecule has 1 aliphatic heterocycles. The van der Waals surface area contributed by atoms with Crippen molar-refractivity contribution >= 4 is 28.9 Å². The second kappa shape index (κ2) is 7.35. The van der Waals surface area contributed by atoms with Crippen LogP contribution in [0.5, 0.6) is 11.5 Å². The van der Waals surface area contributed by atoms with Gasteiger partial charge in [0.1, 0.15) is 0 Å². The van der Waals surface area contributed by atoms with Crippen LogP contribution in [0.25, 0.3) is 0 Å². The van der Waals surface area contributed by atoms with E-state index in [2.05, 4.69) is 5.32 Å². The van der Waals surface area contributed by atoms with Gasteiger partial charge < -0.3 is 19.5 Å². The Hall–Kier alpha value is -2.54. The number of carbonyl (C=O) groups is 2. The van der Waals surface area contributed by atoms with Gasteiger partial charge in [-0.25, -0.2) is 0 Å². The van der Waals surface area contributed by atoms with Gasteiger partial charge >= 0.3 is 5.97 Å². The Morgan fingerprint density at radius 3 is 2.92 bits per heavy atom. The molecule has 0 saturated heterocycles. The summed E-state index contributed by atoms with van der Waals surface area (Å²) in [5, 5.41) is 6.65. The summed E-state index contributed by atoms with van der Waals surface area (Å²) in [5.74, 6) is 0.432. The van der Waals surface area contributed by atoms with Crippen molar-refractivity contribution in [3.8, 4) is 11.5 Å². The van der Waals surface area contributed by atoms with Gasteiger partial charge in [-0.15, -0.1) is 0 Å². The van der Waals surface area contributed by atoms with Gasteiger partial charge in [0.2, 0.25) is 6.79 Å². The van der Waals surface area contributed by atoms with E-state index in [4.69, 9.17) is 14.2 Å². The monoisotopic (exact) mass is 347 g/mol. The third kappa shape index (κ3) is 4.05. The Morgan fingerprint density at radius 2 is 2.12 bits per heavy atom. The summed E-state index contributed by atoms with van der Waals surface area (Å²) in [5.41, 5.74) is 1.65. The van der Waals surface area contributed by atoms with Crippen LogP contribution in [0, 0.1) is 0 Å². The molecular formula is C17H17NO5S. The number of ether oxygens (including phenoxy) is 3. The summed E-state index contributed by atoms with van der Waals surface area (Å²) >= 11 is 1.58. The number of amides is 1. The van der Waals surface area contributed by atoms with Crippen LogP contribution in [0.3, 0.4) is 0 Å². The number of aryl methyl sites for hydroxylation is 1. The summed E-state index contributed by atoms with van der Waals surface area (Å²) < 4.78 is 15.6. The number of thiophene rings is 1. The first-order chi connectivity index (χ1) is 11.6. The van der Waals surface area contributed by atoms with Crippen molar-refractivity contribution in [3.05, 3.63) is 40.6 Å². The zero-order valence-corrected chi connectivity index (χ0v) is 13.9. The topological polar surface area (TPSA) is 73.9 Å². The molecule has 1 amide bonds. The molecular weight excluding hydrogens is 330 g/mol. The molecule has 3 rings (SSSR count). The summed E-state index contributed by atoms with van der Waals surface area (Å²) in [7, 11) is 0. The van der Waals surface area contributed by atoms with Crippen molar-refractivity contribution in [1.29, 1.82) is 0 Å². The molecule has 0 saturated carbocycles. The van der Waals surface area contributed by atoms with Crippen molar-refractivity contribution in [3.63, 3.8) is 0 Å². The molecule has 1 atom stereocenters. The zero-order chi connectivity index (χ0) is 16.9. The van der Waals surface area contributed by atoms with Crippen molar-refractivity contribution in [1.82, 2.24) is 0 Å². The maximum atomic E-state index is 12.1. The average Bonchev–Trinajstić information content (AvgIpc) is 3.23. The van der Waals surface area contributed by atoms with Crippen LogP contribution in [0.1, 0.15) is 18.9 Å². The van der Waals surface area contributed by atoms with Crippen molar-refractivity contribution < 1.29 is 23.8 Å². The quantitative estimate of drug-likeness (QED) is 0.813. The van der Waals surface area contributed by atoms with E-state index in [1.807, 2.05) is 16.8 Å². The number of hydrogen-bond acceptors (Lipinski definition) is 6. The minimum Gasteiger partial charge on any atom is -0.454 e. The summed E-state index contributed by atoms with van der Waals surface area (Å²) in [6.45, 7) is 1.72. The van der Waals surface area contributed by atoms with E-state index in [1.165, 1.54) is 0 Å². The summed E-state index contributed by atoms with van der Waals surface area (Å²) in [6, 6.07) is 7.06. The van der Waals surface area contributed by atoms with Crippen LogP contribution < -0.4 is 14.8 Å². The fourth-order valence-corrected chi connectivity index (χ4v) is 2.91. The van der Waals surface area contributed by atoms with Crippen molar-refractivity contribution in [2.45, 2.75) is 25.9 Å². The second-order valence-electron chi connectivity index (χ2n) is 5.32. The minimum absolute atomic E-state index is 0.172. The maximum Gasteiger partial charge on any atom is 0.306 e. The van der Waals surface area contributed by atoms with Crippen LogP contribution in [0.15, 0.2) is 35.0 Å². The number of nitrogens with one attached hydrogen (secondary N) is 1. The molecule has 0 fully saturated rings. The highest BCUT2D eigenvalue weighted by Crippen LogP contribution is 2.34. The minimum atomic E-state index is -0.870. The summed E-state index contributed by atoms with van der Waals surface area (Å²) in [4.78, 5) is 23.9. The third-order valence-corrected chi connectivity index (χ3v) is 4.25. The predicted octanol–water partition coefficient (Wildman–Crippen LogP) is 2.98. The van der Waals surface area contributed by atoms with Crippen molar-refractivity contribution in [2.24, 2.45) is 0 Å². The van der Waals surface area contributed by atoms with Gasteiger partial charge in [-0.1, -0.05) is 0 Å². The normalized spacial score (nSPS) is 13.4. The van der Waals surface area contributed by atoms with Crippen molar-refractivity contribution in [2.75, 3.05) is 12.1 Å². The van der Waals surface area contributed by atoms with Crippen LogP contribution >= 0.6 is 11.3 Å². The third-order valence-electron chi connectivity index (χ3n) is 3.52. The van der Waals surface area contributed by atoms with E-state index >= 15 is 0 Å². The first kappa shape index (κ1) is 16.3. The average molecular weight is 347 g/mol.